The quantitative estimate of drug-likeness (QED) is 0.909. The van der Waals surface area contributed by atoms with Gasteiger partial charge in [0.05, 0.1) is 12.8 Å². The highest BCUT2D eigenvalue weighted by Crippen LogP contribution is 2.35. The molecule has 5 nitrogen and oxygen atoms in total. The minimum absolute atomic E-state index is 0.00448. The van der Waals surface area contributed by atoms with Gasteiger partial charge < -0.3 is 20.1 Å². The molecule has 0 spiro atoms. The van der Waals surface area contributed by atoms with Crippen LogP contribution < -0.4 is 10.1 Å². The van der Waals surface area contributed by atoms with Gasteiger partial charge in [0.15, 0.2) is 11.5 Å². The first-order chi connectivity index (χ1) is 10.6. The van der Waals surface area contributed by atoms with Crippen LogP contribution >= 0.6 is 11.6 Å². The molecule has 3 rings (SSSR count). The van der Waals surface area contributed by atoms with Gasteiger partial charge in [-0.3, -0.25) is 0 Å². The number of amides is 2. The molecule has 0 aromatic heterocycles. The first-order valence-electron chi connectivity index (χ1n) is 6.77. The number of fused-ring (bicyclic) bond motifs is 1. The fraction of sp³-hybridized carbons (Fsp3) is 0.188. The summed E-state index contributed by atoms with van der Waals surface area (Å²) in [6, 6.07) is 10.4. The van der Waals surface area contributed by atoms with Gasteiger partial charge in [-0.15, -0.1) is 0 Å². The van der Waals surface area contributed by atoms with Crippen LogP contribution in [0.5, 0.6) is 11.5 Å². The minimum atomic E-state index is -0.211. The second-order valence-electron chi connectivity index (χ2n) is 5.10. The molecule has 114 valence electrons. The van der Waals surface area contributed by atoms with Crippen molar-refractivity contribution >= 4 is 23.3 Å². The van der Waals surface area contributed by atoms with E-state index in [1.54, 1.807) is 17.0 Å². The van der Waals surface area contributed by atoms with Crippen LogP contribution in [-0.2, 0) is 13.1 Å². The molecule has 0 atom stereocenters. The molecule has 2 aromatic carbocycles. The average Bonchev–Trinajstić information content (AvgIpc) is 2.48. The van der Waals surface area contributed by atoms with Crippen molar-refractivity contribution in [3.05, 3.63) is 52.5 Å². The summed E-state index contributed by atoms with van der Waals surface area (Å²) in [6.45, 7) is 0.888. The number of methoxy groups -OCH3 is 1. The van der Waals surface area contributed by atoms with E-state index in [1.165, 1.54) is 13.2 Å². The third-order valence-corrected chi connectivity index (χ3v) is 3.79. The number of aromatic hydroxyl groups is 1. The Morgan fingerprint density at radius 1 is 1.36 bits per heavy atom. The Hall–Kier alpha value is -2.40. The number of benzene rings is 2. The summed E-state index contributed by atoms with van der Waals surface area (Å²) in [4.78, 5) is 13.9. The zero-order valence-electron chi connectivity index (χ0n) is 12.0. The molecule has 22 heavy (non-hydrogen) atoms. The maximum atomic E-state index is 12.2. The van der Waals surface area contributed by atoms with Gasteiger partial charge in [0.1, 0.15) is 0 Å². The molecule has 2 N–H and O–H groups in total. The number of hydrogen-bond donors (Lipinski definition) is 2. The van der Waals surface area contributed by atoms with Crippen molar-refractivity contribution in [1.29, 1.82) is 0 Å². The zero-order chi connectivity index (χ0) is 15.7. The maximum Gasteiger partial charge on any atom is 0.322 e. The first-order valence-corrected chi connectivity index (χ1v) is 7.15. The van der Waals surface area contributed by atoms with E-state index in [-0.39, 0.29) is 11.8 Å². The number of carbonyl (C=O) groups is 1. The zero-order valence-corrected chi connectivity index (χ0v) is 12.7. The lowest BCUT2D eigenvalue weighted by Gasteiger charge is -2.30. The molecule has 0 radical (unpaired) electrons. The standard InChI is InChI=1S/C16H15ClN2O3/c1-22-15-6-11-9-19(8-10-3-2-4-12(17)5-10)16(21)18-13(11)7-14(15)20/h2-7,20H,8-9H2,1H3,(H,18,21). The molecule has 6 heteroatoms. The monoisotopic (exact) mass is 318 g/mol. The second-order valence-corrected chi connectivity index (χ2v) is 5.53. The maximum absolute atomic E-state index is 12.2. The Bertz CT molecular complexity index is 733. The first kappa shape index (κ1) is 14.5. The van der Waals surface area contributed by atoms with E-state index in [0.29, 0.717) is 29.5 Å². The fourth-order valence-electron chi connectivity index (χ4n) is 2.48. The van der Waals surface area contributed by atoms with Gasteiger partial charge in [-0.1, -0.05) is 23.7 Å². The second kappa shape index (κ2) is 5.77. The van der Waals surface area contributed by atoms with Gasteiger partial charge in [-0.2, -0.15) is 0 Å². The smallest absolute Gasteiger partial charge is 0.322 e. The largest absolute Gasteiger partial charge is 0.504 e. The molecule has 2 amide bonds. The third-order valence-electron chi connectivity index (χ3n) is 3.56. The number of anilines is 1. The van der Waals surface area contributed by atoms with Crippen molar-refractivity contribution in [2.45, 2.75) is 13.1 Å². The number of carbonyl (C=O) groups excluding carboxylic acids is 1. The Morgan fingerprint density at radius 2 is 2.18 bits per heavy atom. The molecule has 2 aromatic rings. The Morgan fingerprint density at radius 3 is 2.91 bits per heavy atom. The van der Waals surface area contributed by atoms with Crippen molar-refractivity contribution in [2.24, 2.45) is 0 Å². The van der Waals surface area contributed by atoms with Crippen molar-refractivity contribution in [3.8, 4) is 11.5 Å². The predicted octanol–water partition coefficient (Wildman–Crippen LogP) is 3.60. The van der Waals surface area contributed by atoms with Gasteiger partial charge in [-0.05, 0) is 29.3 Å². The number of hydrogen-bond acceptors (Lipinski definition) is 3. The molecule has 1 heterocycles. The minimum Gasteiger partial charge on any atom is -0.504 e. The van der Waals surface area contributed by atoms with Crippen molar-refractivity contribution < 1.29 is 14.6 Å². The Kier molecular flexibility index (Phi) is 3.81. The molecule has 0 unspecified atom stereocenters. The number of urea groups is 1. The molecule has 0 saturated carbocycles. The molecular formula is C16H15ClN2O3. The van der Waals surface area contributed by atoms with Crippen molar-refractivity contribution in [3.63, 3.8) is 0 Å². The molecule has 0 saturated heterocycles. The summed E-state index contributed by atoms with van der Waals surface area (Å²) < 4.78 is 5.11. The Labute approximate surface area is 133 Å². The Balaban J connectivity index is 1.85. The summed E-state index contributed by atoms with van der Waals surface area (Å²) in [5.41, 5.74) is 2.44. The van der Waals surface area contributed by atoms with Crippen LogP contribution in [0.4, 0.5) is 10.5 Å². The number of phenols is 1. The van der Waals surface area contributed by atoms with Crippen LogP contribution in [0.3, 0.4) is 0 Å². The van der Waals surface area contributed by atoms with E-state index in [4.69, 9.17) is 16.3 Å². The van der Waals surface area contributed by atoms with Crippen LogP contribution in [0.2, 0.25) is 5.02 Å². The van der Waals surface area contributed by atoms with Gasteiger partial charge >= 0.3 is 6.03 Å². The molecule has 0 bridgehead atoms. The highest BCUT2D eigenvalue weighted by atomic mass is 35.5. The molecular weight excluding hydrogens is 304 g/mol. The van der Waals surface area contributed by atoms with Gasteiger partial charge in [0.2, 0.25) is 0 Å². The average molecular weight is 319 g/mol. The van der Waals surface area contributed by atoms with E-state index in [2.05, 4.69) is 5.32 Å². The number of phenolic OH excluding ortho intramolecular Hbond substituents is 1. The predicted molar refractivity (Wildman–Crippen MR) is 84.4 cm³/mol. The van der Waals surface area contributed by atoms with E-state index in [1.807, 2.05) is 18.2 Å². The normalized spacial score (nSPS) is 13.5. The number of nitrogens with one attached hydrogen (secondary N) is 1. The fourth-order valence-corrected chi connectivity index (χ4v) is 2.69. The highest BCUT2D eigenvalue weighted by molar-refractivity contribution is 6.30. The van der Waals surface area contributed by atoms with Crippen LogP contribution in [0.25, 0.3) is 0 Å². The van der Waals surface area contributed by atoms with Crippen LogP contribution in [0, 0.1) is 0 Å². The van der Waals surface area contributed by atoms with Gasteiger partial charge in [-0.25, -0.2) is 4.79 Å². The van der Waals surface area contributed by atoms with Crippen molar-refractivity contribution in [2.75, 3.05) is 12.4 Å². The number of halogens is 1. The summed E-state index contributed by atoms with van der Waals surface area (Å²) in [5, 5.41) is 13.2. The van der Waals surface area contributed by atoms with Gasteiger partial charge in [0.25, 0.3) is 0 Å². The van der Waals surface area contributed by atoms with E-state index >= 15 is 0 Å². The third kappa shape index (κ3) is 2.80. The summed E-state index contributed by atoms with van der Waals surface area (Å²) in [6.07, 6.45) is 0. The molecule has 1 aliphatic heterocycles. The highest BCUT2D eigenvalue weighted by Gasteiger charge is 2.24. The van der Waals surface area contributed by atoms with E-state index in [9.17, 15) is 9.90 Å². The summed E-state index contributed by atoms with van der Waals surface area (Å²) in [7, 11) is 1.49. The number of nitrogens with zero attached hydrogens (tertiary/aromatic N) is 1. The molecule has 0 fully saturated rings. The van der Waals surface area contributed by atoms with E-state index in [0.717, 1.165) is 11.1 Å². The van der Waals surface area contributed by atoms with Gasteiger partial charge in [0, 0.05) is 24.2 Å². The van der Waals surface area contributed by atoms with E-state index < -0.39 is 0 Å². The number of rotatable bonds is 3. The van der Waals surface area contributed by atoms with Crippen LogP contribution in [-0.4, -0.2) is 23.1 Å². The lowest BCUT2D eigenvalue weighted by atomic mass is 10.1. The topological polar surface area (TPSA) is 61.8 Å². The van der Waals surface area contributed by atoms with Crippen LogP contribution in [0.1, 0.15) is 11.1 Å². The number of ether oxygens (including phenoxy) is 1. The SMILES string of the molecule is COc1cc2c(cc1O)NC(=O)N(Cc1cccc(Cl)c1)C2. The van der Waals surface area contributed by atoms with Crippen LogP contribution in [0.15, 0.2) is 36.4 Å². The molecule has 0 aliphatic carbocycles. The summed E-state index contributed by atoms with van der Waals surface area (Å²) in [5.74, 6) is 0.391. The lowest BCUT2D eigenvalue weighted by molar-refractivity contribution is 0.203. The molecule has 1 aliphatic rings. The lowest BCUT2D eigenvalue weighted by Crippen LogP contribution is -2.38. The summed E-state index contributed by atoms with van der Waals surface area (Å²) >= 11 is 5.97. The van der Waals surface area contributed by atoms with Crippen molar-refractivity contribution in [1.82, 2.24) is 4.90 Å².